The summed E-state index contributed by atoms with van der Waals surface area (Å²) in [6.07, 6.45) is 0. The molecule has 0 aliphatic carbocycles. The van der Waals surface area contributed by atoms with Gasteiger partial charge >= 0.3 is 0 Å². The highest BCUT2D eigenvalue weighted by Crippen LogP contribution is 2.15. The fraction of sp³-hybridized carbons (Fsp3) is 0.143. The fourth-order valence-corrected chi connectivity index (χ4v) is 1.55. The molecule has 1 aromatic carbocycles. The summed E-state index contributed by atoms with van der Waals surface area (Å²) >= 11 is 1.14. The van der Waals surface area contributed by atoms with E-state index in [-0.39, 0.29) is 6.61 Å². The minimum absolute atomic E-state index is 0.219. The van der Waals surface area contributed by atoms with Gasteiger partial charge in [0.25, 0.3) is 0 Å². The second-order valence-corrected chi connectivity index (χ2v) is 2.72. The standard InChI is InChI=1S/C7H5N2OS/c10-4-5-2-1-3-6-7(5)9-11-8-6/h1-3H,4H2. The highest BCUT2D eigenvalue weighted by Gasteiger charge is 2.02. The van der Waals surface area contributed by atoms with E-state index in [0.717, 1.165) is 28.3 Å². The van der Waals surface area contributed by atoms with Crippen LogP contribution in [0.5, 0.6) is 0 Å². The van der Waals surface area contributed by atoms with E-state index in [2.05, 4.69) is 8.75 Å². The highest BCUT2D eigenvalue weighted by molar-refractivity contribution is 7.00. The first-order chi connectivity index (χ1) is 5.42. The van der Waals surface area contributed by atoms with Crippen LogP contribution in [0, 0.1) is 0 Å². The normalized spacial score (nSPS) is 10.6. The van der Waals surface area contributed by atoms with Gasteiger partial charge in [0.15, 0.2) is 0 Å². The molecule has 0 amide bonds. The zero-order valence-electron chi connectivity index (χ0n) is 5.65. The summed E-state index contributed by atoms with van der Waals surface area (Å²) < 4.78 is 8.04. The van der Waals surface area contributed by atoms with E-state index >= 15 is 0 Å². The molecule has 2 rings (SSSR count). The van der Waals surface area contributed by atoms with Crippen LogP contribution < -0.4 is 0 Å². The summed E-state index contributed by atoms with van der Waals surface area (Å²) in [6, 6.07) is 5.48. The lowest BCUT2D eigenvalue weighted by atomic mass is 10.2. The topological polar surface area (TPSA) is 45.7 Å². The predicted molar refractivity (Wildman–Crippen MR) is 41.8 cm³/mol. The van der Waals surface area contributed by atoms with E-state index in [0.29, 0.717) is 0 Å². The summed E-state index contributed by atoms with van der Waals surface area (Å²) in [5.74, 6) is 0. The molecule has 0 saturated heterocycles. The van der Waals surface area contributed by atoms with Crippen LogP contribution in [-0.4, -0.2) is 8.75 Å². The van der Waals surface area contributed by atoms with Gasteiger partial charge in [0, 0.05) is 5.56 Å². The number of hydrogen-bond donors (Lipinski definition) is 0. The molecule has 0 N–H and O–H groups in total. The number of fused-ring (bicyclic) bond motifs is 1. The van der Waals surface area contributed by atoms with Crippen molar-refractivity contribution in [3.05, 3.63) is 23.8 Å². The smallest absolute Gasteiger partial charge is 0.110 e. The van der Waals surface area contributed by atoms with Gasteiger partial charge in [0.2, 0.25) is 0 Å². The van der Waals surface area contributed by atoms with Crippen molar-refractivity contribution in [2.24, 2.45) is 0 Å². The van der Waals surface area contributed by atoms with Gasteiger partial charge in [-0.05, 0) is 6.07 Å². The van der Waals surface area contributed by atoms with Crippen molar-refractivity contribution in [1.82, 2.24) is 8.75 Å². The fourth-order valence-electron chi connectivity index (χ4n) is 0.979. The summed E-state index contributed by atoms with van der Waals surface area (Å²) in [4.78, 5) is 0. The van der Waals surface area contributed by atoms with Crippen molar-refractivity contribution in [1.29, 1.82) is 0 Å². The Kier molecular flexibility index (Phi) is 1.56. The first-order valence-electron chi connectivity index (χ1n) is 3.20. The van der Waals surface area contributed by atoms with Crippen molar-refractivity contribution in [3.8, 4) is 0 Å². The zero-order chi connectivity index (χ0) is 7.68. The molecule has 4 heteroatoms. The first kappa shape index (κ1) is 6.69. The van der Waals surface area contributed by atoms with Gasteiger partial charge in [-0.15, -0.1) is 0 Å². The van der Waals surface area contributed by atoms with Crippen LogP contribution in [0.1, 0.15) is 5.56 Å². The Balaban J connectivity index is 2.79. The lowest BCUT2D eigenvalue weighted by Crippen LogP contribution is -1.82. The van der Waals surface area contributed by atoms with Gasteiger partial charge in [-0.3, -0.25) is 0 Å². The molecule has 0 aliphatic heterocycles. The maximum Gasteiger partial charge on any atom is 0.110 e. The van der Waals surface area contributed by atoms with Crippen LogP contribution in [0.4, 0.5) is 0 Å². The maximum atomic E-state index is 10.6. The molecule has 0 spiro atoms. The number of rotatable bonds is 1. The van der Waals surface area contributed by atoms with Gasteiger partial charge in [-0.1, -0.05) is 12.1 Å². The van der Waals surface area contributed by atoms with Crippen LogP contribution in [-0.2, 0) is 11.7 Å². The molecule has 0 unspecified atom stereocenters. The molecule has 1 aromatic heterocycles. The number of nitrogens with zero attached hydrogens (tertiary/aromatic N) is 2. The first-order valence-corrected chi connectivity index (χ1v) is 3.93. The van der Waals surface area contributed by atoms with Crippen LogP contribution in [0.2, 0.25) is 0 Å². The maximum absolute atomic E-state index is 10.6. The van der Waals surface area contributed by atoms with E-state index in [1.807, 2.05) is 12.1 Å². The van der Waals surface area contributed by atoms with Gasteiger partial charge in [-0.25, -0.2) is 5.11 Å². The lowest BCUT2D eigenvalue weighted by molar-refractivity contribution is 0.178. The third kappa shape index (κ3) is 1.00. The summed E-state index contributed by atoms with van der Waals surface area (Å²) in [6.45, 7) is -0.219. The monoisotopic (exact) mass is 165 g/mol. The third-order valence-electron chi connectivity index (χ3n) is 1.53. The van der Waals surface area contributed by atoms with Gasteiger partial charge in [0.1, 0.15) is 17.6 Å². The Hall–Kier alpha value is -1.00. The van der Waals surface area contributed by atoms with Crippen molar-refractivity contribution in [2.75, 3.05) is 0 Å². The van der Waals surface area contributed by atoms with Crippen molar-refractivity contribution in [2.45, 2.75) is 6.61 Å². The molecule has 0 bridgehead atoms. The average molecular weight is 165 g/mol. The van der Waals surface area contributed by atoms with Gasteiger partial charge in [0.05, 0.1) is 11.7 Å². The second-order valence-electron chi connectivity index (χ2n) is 2.19. The third-order valence-corrected chi connectivity index (χ3v) is 2.07. The molecule has 0 fully saturated rings. The molecule has 1 radical (unpaired) electrons. The Morgan fingerprint density at radius 1 is 1.36 bits per heavy atom. The molecule has 1 heterocycles. The Labute approximate surface area is 67.6 Å². The molecule has 11 heavy (non-hydrogen) atoms. The Bertz CT molecular complexity index is 371. The number of benzene rings is 1. The number of aromatic nitrogens is 2. The second kappa shape index (κ2) is 2.56. The molecule has 0 atom stereocenters. The largest absolute Gasteiger partial charge is 0.231 e. The molecular formula is C7H5N2OS. The van der Waals surface area contributed by atoms with Crippen LogP contribution in [0.25, 0.3) is 11.0 Å². The number of hydrogen-bond acceptors (Lipinski definition) is 3. The Morgan fingerprint density at radius 3 is 3.09 bits per heavy atom. The molecular weight excluding hydrogens is 160 g/mol. The molecule has 3 nitrogen and oxygen atoms in total. The van der Waals surface area contributed by atoms with Crippen molar-refractivity contribution < 1.29 is 5.11 Å². The summed E-state index contributed by atoms with van der Waals surface area (Å²) in [5.41, 5.74) is 2.31. The van der Waals surface area contributed by atoms with Crippen LogP contribution >= 0.6 is 11.7 Å². The van der Waals surface area contributed by atoms with Gasteiger partial charge < -0.3 is 0 Å². The van der Waals surface area contributed by atoms with E-state index in [9.17, 15) is 5.11 Å². The molecule has 0 aliphatic rings. The van der Waals surface area contributed by atoms with Crippen molar-refractivity contribution >= 4 is 22.8 Å². The average Bonchev–Trinajstić information content (AvgIpc) is 2.50. The minimum Gasteiger partial charge on any atom is -0.231 e. The Morgan fingerprint density at radius 2 is 2.27 bits per heavy atom. The SMILES string of the molecule is [O]Cc1cccc2nsnc12. The summed E-state index contributed by atoms with van der Waals surface area (Å²) in [7, 11) is 0. The van der Waals surface area contributed by atoms with E-state index in [1.165, 1.54) is 0 Å². The molecule has 55 valence electrons. The van der Waals surface area contributed by atoms with Crippen molar-refractivity contribution in [3.63, 3.8) is 0 Å². The summed E-state index contributed by atoms with van der Waals surface area (Å²) in [5, 5.41) is 10.6. The zero-order valence-corrected chi connectivity index (χ0v) is 6.47. The highest BCUT2D eigenvalue weighted by atomic mass is 32.1. The van der Waals surface area contributed by atoms with E-state index in [1.54, 1.807) is 6.07 Å². The lowest BCUT2D eigenvalue weighted by Gasteiger charge is -1.91. The molecule has 0 saturated carbocycles. The van der Waals surface area contributed by atoms with E-state index < -0.39 is 0 Å². The quantitative estimate of drug-likeness (QED) is 0.644. The predicted octanol–water partition coefficient (Wildman–Crippen LogP) is 1.62. The van der Waals surface area contributed by atoms with Crippen LogP contribution in [0.15, 0.2) is 18.2 Å². The minimum atomic E-state index is -0.219. The van der Waals surface area contributed by atoms with Gasteiger partial charge in [-0.2, -0.15) is 8.75 Å². The van der Waals surface area contributed by atoms with E-state index in [4.69, 9.17) is 0 Å². The molecule has 2 aromatic rings. The van der Waals surface area contributed by atoms with Crippen LogP contribution in [0.3, 0.4) is 0 Å².